The van der Waals surface area contributed by atoms with Crippen LogP contribution in [0.3, 0.4) is 0 Å². The molecule has 1 amide bonds. The molecule has 1 aliphatic rings. The van der Waals surface area contributed by atoms with Gasteiger partial charge in [0.2, 0.25) is 0 Å². The summed E-state index contributed by atoms with van der Waals surface area (Å²) in [7, 11) is 0. The molecule has 0 atom stereocenters. The number of hydrogen-bond donors (Lipinski definition) is 2. The summed E-state index contributed by atoms with van der Waals surface area (Å²) >= 11 is 5.96. The first-order valence-electron chi connectivity index (χ1n) is 10.4. The van der Waals surface area contributed by atoms with E-state index in [1.54, 1.807) is 0 Å². The SMILES string of the molecule is CCOc1ccc(NC[C@H]2CC[C@H](NC(=O)c3cc(C(F)(F)F)ccc3Cl)CC2)cc1. The van der Waals surface area contributed by atoms with Gasteiger partial charge in [-0.05, 0) is 81.0 Å². The quantitative estimate of drug-likeness (QED) is 0.527. The fraction of sp³-hybridized carbons (Fsp3) is 0.435. The van der Waals surface area contributed by atoms with Crippen LogP contribution in [-0.4, -0.2) is 25.1 Å². The van der Waals surface area contributed by atoms with Gasteiger partial charge in [-0.2, -0.15) is 13.2 Å². The predicted octanol–water partition coefficient (Wildman–Crippen LogP) is 6.16. The van der Waals surface area contributed by atoms with Gasteiger partial charge in [0.1, 0.15) is 5.75 Å². The Morgan fingerprint density at radius 1 is 1.10 bits per heavy atom. The van der Waals surface area contributed by atoms with E-state index in [2.05, 4.69) is 10.6 Å². The highest BCUT2D eigenvalue weighted by atomic mass is 35.5. The third-order valence-electron chi connectivity index (χ3n) is 5.48. The van der Waals surface area contributed by atoms with Crippen LogP contribution in [0.15, 0.2) is 42.5 Å². The monoisotopic (exact) mass is 454 g/mol. The molecule has 0 radical (unpaired) electrons. The average Bonchev–Trinajstić information content (AvgIpc) is 2.74. The number of halogens is 4. The number of alkyl halides is 3. The number of amides is 1. The highest BCUT2D eigenvalue weighted by Crippen LogP contribution is 2.32. The first kappa shape index (κ1) is 23.3. The van der Waals surface area contributed by atoms with Crippen molar-refractivity contribution in [2.45, 2.75) is 44.8 Å². The molecule has 0 spiro atoms. The number of benzene rings is 2. The first-order chi connectivity index (χ1) is 14.8. The van der Waals surface area contributed by atoms with Crippen LogP contribution in [0.5, 0.6) is 5.75 Å². The van der Waals surface area contributed by atoms with Gasteiger partial charge in [0.25, 0.3) is 5.91 Å². The summed E-state index contributed by atoms with van der Waals surface area (Å²) in [6.07, 6.45) is -1.12. The summed E-state index contributed by atoms with van der Waals surface area (Å²) in [5, 5.41) is 6.28. The minimum Gasteiger partial charge on any atom is -0.494 e. The summed E-state index contributed by atoms with van der Waals surface area (Å²) in [5.74, 6) is 0.745. The minimum absolute atomic E-state index is 0.0127. The van der Waals surface area contributed by atoms with E-state index in [4.69, 9.17) is 16.3 Å². The van der Waals surface area contributed by atoms with Crippen LogP contribution < -0.4 is 15.4 Å². The van der Waals surface area contributed by atoms with Crippen LogP contribution in [0.25, 0.3) is 0 Å². The lowest BCUT2D eigenvalue weighted by molar-refractivity contribution is -0.137. The lowest BCUT2D eigenvalue weighted by Gasteiger charge is -2.29. The van der Waals surface area contributed by atoms with Crippen LogP contribution in [0, 0.1) is 5.92 Å². The van der Waals surface area contributed by atoms with Crippen LogP contribution in [-0.2, 0) is 6.18 Å². The van der Waals surface area contributed by atoms with E-state index < -0.39 is 17.6 Å². The Morgan fingerprint density at radius 3 is 2.39 bits per heavy atom. The molecule has 8 heteroatoms. The topological polar surface area (TPSA) is 50.4 Å². The van der Waals surface area contributed by atoms with Gasteiger partial charge in [0.05, 0.1) is 22.8 Å². The van der Waals surface area contributed by atoms with Crippen molar-refractivity contribution in [3.05, 3.63) is 58.6 Å². The summed E-state index contributed by atoms with van der Waals surface area (Å²) < 4.78 is 44.2. The molecule has 1 saturated carbocycles. The van der Waals surface area contributed by atoms with Crippen molar-refractivity contribution in [3.63, 3.8) is 0 Å². The molecule has 31 heavy (non-hydrogen) atoms. The fourth-order valence-electron chi connectivity index (χ4n) is 3.75. The Morgan fingerprint density at radius 2 is 1.77 bits per heavy atom. The van der Waals surface area contributed by atoms with Crippen molar-refractivity contribution in [3.8, 4) is 5.75 Å². The van der Waals surface area contributed by atoms with E-state index in [0.717, 1.165) is 61.9 Å². The Hall–Kier alpha value is -2.41. The van der Waals surface area contributed by atoms with Gasteiger partial charge in [-0.25, -0.2) is 0 Å². The Balaban J connectivity index is 1.47. The molecule has 168 valence electrons. The van der Waals surface area contributed by atoms with E-state index >= 15 is 0 Å². The number of hydrogen-bond acceptors (Lipinski definition) is 3. The summed E-state index contributed by atoms with van der Waals surface area (Å²) in [4.78, 5) is 12.5. The highest BCUT2D eigenvalue weighted by Gasteiger charge is 2.32. The maximum Gasteiger partial charge on any atom is 0.416 e. The number of nitrogens with one attached hydrogen (secondary N) is 2. The van der Waals surface area contributed by atoms with Crippen LogP contribution in [0.1, 0.15) is 48.5 Å². The van der Waals surface area contributed by atoms with Crippen LogP contribution >= 0.6 is 11.6 Å². The molecule has 0 saturated heterocycles. The molecule has 0 heterocycles. The van der Waals surface area contributed by atoms with Gasteiger partial charge in [-0.1, -0.05) is 11.6 Å². The highest BCUT2D eigenvalue weighted by molar-refractivity contribution is 6.33. The zero-order valence-corrected chi connectivity index (χ0v) is 18.0. The molecule has 0 aliphatic heterocycles. The van der Waals surface area contributed by atoms with E-state index in [0.29, 0.717) is 12.5 Å². The predicted molar refractivity (Wildman–Crippen MR) is 116 cm³/mol. The zero-order chi connectivity index (χ0) is 22.4. The molecule has 0 bridgehead atoms. The van der Waals surface area contributed by atoms with E-state index in [1.807, 2.05) is 31.2 Å². The molecule has 1 aliphatic carbocycles. The fourth-order valence-corrected chi connectivity index (χ4v) is 3.95. The van der Waals surface area contributed by atoms with Gasteiger partial charge in [-0.3, -0.25) is 4.79 Å². The lowest BCUT2D eigenvalue weighted by atomic mass is 9.86. The molecule has 0 unspecified atom stereocenters. The third-order valence-corrected chi connectivity index (χ3v) is 5.81. The molecule has 3 rings (SSSR count). The number of rotatable bonds is 7. The second-order valence-corrected chi connectivity index (χ2v) is 8.13. The van der Waals surface area contributed by atoms with Crippen molar-refractivity contribution >= 4 is 23.2 Å². The van der Waals surface area contributed by atoms with E-state index in [9.17, 15) is 18.0 Å². The van der Waals surface area contributed by atoms with Gasteiger partial charge >= 0.3 is 6.18 Å². The molecule has 0 aromatic heterocycles. The smallest absolute Gasteiger partial charge is 0.416 e. The summed E-state index contributed by atoms with van der Waals surface area (Å²) in [6, 6.07) is 10.5. The van der Waals surface area contributed by atoms with Gasteiger partial charge in [0.15, 0.2) is 0 Å². The maximum absolute atomic E-state index is 12.9. The van der Waals surface area contributed by atoms with E-state index in [1.165, 1.54) is 0 Å². The zero-order valence-electron chi connectivity index (χ0n) is 17.3. The molecule has 2 aromatic carbocycles. The largest absolute Gasteiger partial charge is 0.494 e. The lowest BCUT2D eigenvalue weighted by Crippen LogP contribution is -2.38. The number of ether oxygens (including phenoxy) is 1. The van der Waals surface area contributed by atoms with Crippen molar-refractivity contribution < 1.29 is 22.7 Å². The van der Waals surface area contributed by atoms with Crippen molar-refractivity contribution in [2.24, 2.45) is 5.92 Å². The van der Waals surface area contributed by atoms with E-state index in [-0.39, 0.29) is 16.6 Å². The van der Waals surface area contributed by atoms with Gasteiger partial charge < -0.3 is 15.4 Å². The molecule has 2 N–H and O–H groups in total. The minimum atomic E-state index is -4.52. The van der Waals surface area contributed by atoms with Gasteiger partial charge in [-0.15, -0.1) is 0 Å². The number of carbonyl (C=O) groups is 1. The standard InChI is InChI=1S/C23H26ClF3N2O2/c1-2-31-19-10-8-17(9-11-19)28-14-15-3-6-18(7-4-15)29-22(30)20-13-16(23(25,26)27)5-12-21(20)24/h5,8-13,15,18,28H,2-4,6-7,14H2,1H3,(H,29,30)/t15-,18-. The second-order valence-electron chi connectivity index (χ2n) is 7.72. The number of carbonyl (C=O) groups excluding carboxylic acids is 1. The van der Waals surface area contributed by atoms with Crippen molar-refractivity contribution in [1.82, 2.24) is 5.32 Å². The van der Waals surface area contributed by atoms with Gasteiger partial charge in [0, 0.05) is 18.3 Å². The Labute approximate surface area is 185 Å². The molecule has 2 aromatic rings. The third kappa shape index (κ3) is 6.53. The normalized spacial score (nSPS) is 19.0. The molecule has 1 fully saturated rings. The summed E-state index contributed by atoms with van der Waals surface area (Å²) in [5.41, 5.74) is -0.0000270. The van der Waals surface area contributed by atoms with Crippen molar-refractivity contribution in [1.29, 1.82) is 0 Å². The Kier molecular flexibility index (Phi) is 7.70. The van der Waals surface area contributed by atoms with Crippen LogP contribution in [0.4, 0.5) is 18.9 Å². The second kappa shape index (κ2) is 10.3. The summed E-state index contributed by atoms with van der Waals surface area (Å²) in [6.45, 7) is 3.40. The molecule has 4 nitrogen and oxygen atoms in total. The number of anilines is 1. The molecular weight excluding hydrogens is 429 g/mol. The van der Waals surface area contributed by atoms with Crippen LogP contribution in [0.2, 0.25) is 5.02 Å². The average molecular weight is 455 g/mol. The maximum atomic E-state index is 12.9. The Bertz CT molecular complexity index is 879. The first-order valence-corrected chi connectivity index (χ1v) is 10.8. The van der Waals surface area contributed by atoms with Crippen molar-refractivity contribution in [2.75, 3.05) is 18.5 Å². The molecular formula is C23H26ClF3N2O2.